The topological polar surface area (TPSA) is 79.2 Å². The zero-order chi connectivity index (χ0) is 17.0. The van der Waals surface area contributed by atoms with Crippen molar-refractivity contribution in [3.05, 3.63) is 40.8 Å². The Morgan fingerprint density at radius 3 is 3.00 bits per heavy atom. The van der Waals surface area contributed by atoms with Gasteiger partial charge in [0.1, 0.15) is 5.60 Å². The summed E-state index contributed by atoms with van der Waals surface area (Å²) >= 11 is 1.48. The van der Waals surface area contributed by atoms with Gasteiger partial charge in [-0.1, -0.05) is 18.9 Å². The lowest BCUT2D eigenvalue weighted by molar-refractivity contribution is 0.0628. The van der Waals surface area contributed by atoms with Gasteiger partial charge in [0.25, 0.3) is 0 Å². The van der Waals surface area contributed by atoms with Gasteiger partial charge in [0.05, 0.1) is 18.6 Å². The summed E-state index contributed by atoms with van der Waals surface area (Å²) < 4.78 is 1.94. The maximum Gasteiger partial charge on any atom is 0.315 e. The lowest BCUT2D eigenvalue weighted by Gasteiger charge is -2.32. The van der Waals surface area contributed by atoms with Crippen molar-refractivity contribution in [2.24, 2.45) is 0 Å². The van der Waals surface area contributed by atoms with Gasteiger partial charge >= 0.3 is 6.03 Å². The van der Waals surface area contributed by atoms with Crippen LogP contribution in [0.4, 0.5) is 4.79 Å². The van der Waals surface area contributed by atoms with Gasteiger partial charge in [-0.25, -0.2) is 4.79 Å². The highest BCUT2D eigenvalue weighted by Gasteiger charge is 2.29. The first-order chi connectivity index (χ1) is 11.6. The van der Waals surface area contributed by atoms with Crippen molar-refractivity contribution in [2.75, 3.05) is 6.54 Å². The third-order valence-electron chi connectivity index (χ3n) is 4.56. The van der Waals surface area contributed by atoms with E-state index in [-0.39, 0.29) is 24.7 Å². The van der Waals surface area contributed by atoms with Crippen LogP contribution in [0.25, 0.3) is 0 Å². The molecule has 24 heavy (non-hydrogen) atoms. The molecule has 3 N–H and O–H groups in total. The third kappa shape index (κ3) is 3.96. The van der Waals surface area contributed by atoms with Crippen molar-refractivity contribution in [1.29, 1.82) is 0 Å². The van der Waals surface area contributed by atoms with Gasteiger partial charge < -0.3 is 15.7 Å². The van der Waals surface area contributed by atoms with E-state index in [1.807, 2.05) is 34.5 Å². The number of thiophene rings is 1. The molecule has 0 saturated heterocycles. The van der Waals surface area contributed by atoms with Crippen LogP contribution >= 0.6 is 11.3 Å². The second-order valence-corrected chi connectivity index (χ2v) is 7.47. The van der Waals surface area contributed by atoms with Crippen LogP contribution in [0.5, 0.6) is 0 Å². The molecule has 2 amide bonds. The summed E-state index contributed by atoms with van der Waals surface area (Å²) in [5.74, 6) is 0. The molecule has 2 aromatic rings. The van der Waals surface area contributed by atoms with Crippen molar-refractivity contribution in [3.63, 3.8) is 0 Å². The zero-order valence-electron chi connectivity index (χ0n) is 13.8. The summed E-state index contributed by atoms with van der Waals surface area (Å²) in [6, 6.07) is 5.69. The van der Waals surface area contributed by atoms with E-state index in [9.17, 15) is 9.90 Å². The maximum absolute atomic E-state index is 12.3. The van der Waals surface area contributed by atoms with E-state index >= 15 is 0 Å². The van der Waals surface area contributed by atoms with Crippen LogP contribution in [0.15, 0.2) is 36.0 Å². The molecule has 2 aromatic heterocycles. The summed E-state index contributed by atoms with van der Waals surface area (Å²) in [4.78, 5) is 13.1. The zero-order valence-corrected chi connectivity index (χ0v) is 14.6. The summed E-state index contributed by atoms with van der Waals surface area (Å²) in [5.41, 5.74) is -1.06. The predicted octanol–water partition coefficient (Wildman–Crippen LogP) is 2.64. The standard InChI is InChI=1S/C17H24N4O2S/c1-17(23,15-8-4-11-24-15)12-18-16(22)20-13-6-2-3-7-14(13)21-10-5-9-19-21/h4-5,8-11,13-14,23H,2-3,6-7,12H2,1H3,(H2,18,20,22). The Kier molecular flexibility index (Phi) is 5.20. The van der Waals surface area contributed by atoms with Gasteiger partial charge in [-0.05, 0) is 37.3 Å². The fourth-order valence-corrected chi connectivity index (χ4v) is 4.00. The Hall–Kier alpha value is -1.86. The first-order valence-electron chi connectivity index (χ1n) is 8.36. The van der Waals surface area contributed by atoms with Gasteiger partial charge in [-0.15, -0.1) is 11.3 Å². The van der Waals surface area contributed by atoms with Crippen LogP contribution in [0.1, 0.15) is 43.5 Å². The fraction of sp³-hybridized carbons (Fsp3) is 0.529. The van der Waals surface area contributed by atoms with Crippen molar-refractivity contribution in [3.8, 4) is 0 Å². The number of nitrogens with one attached hydrogen (secondary N) is 2. The Morgan fingerprint density at radius 2 is 2.29 bits per heavy atom. The predicted molar refractivity (Wildman–Crippen MR) is 93.9 cm³/mol. The smallest absolute Gasteiger partial charge is 0.315 e. The van der Waals surface area contributed by atoms with E-state index in [1.165, 1.54) is 11.3 Å². The highest BCUT2D eigenvalue weighted by Crippen LogP contribution is 2.28. The summed E-state index contributed by atoms with van der Waals surface area (Å²) in [6.45, 7) is 1.89. The van der Waals surface area contributed by atoms with Crippen LogP contribution < -0.4 is 10.6 Å². The van der Waals surface area contributed by atoms with Crippen LogP contribution in [-0.4, -0.2) is 33.5 Å². The Labute approximate surface area is 145 Å². The SMILES string of the molecule is CC(O)(CNC(=O)NC1CCCCC1n1cccn1)c1cccs1. The lowest BCUT2D eigenvalue weighted by atomic mass is 9.90. The van der Waals surface area contributed by atoms with Gasteiger partial charge in [0.2, 0.25) is 0 Å². The van der Waals surface area contributed by atoms with E-state index in [0.29, 0.717) is 0 Å². The molecule has 0 bridgehead atoms. The van der Waals surface area contributed by atoms with Gasteiger partial charge in [-0.2, -0.15) is 5.10 Å². The molecule has 7 heteroatoms. The molecule has 0 spiro atoms. The number of nitrogens with zero attached hydrogens (tertiary/aromatic N) is 2. The number of aromatic nitrogens is 2. The molecule has 0 aliphatic heterocycles. The number of aliphatic hydroxyl groups is 1. The number of urea groups is 1. The monoisotopic (exact) mass is 348 g/mol. The molecule has 1 fully saturated rings. The minimum atomic E-state index is -1.06. The van der Waals surface area contributed by atoms with Crippen LogP contribution in [-0.2, 0) is 5.60 Å². The van der Waals surface area contributed by atoms with Crippen LogP contribution in [0.3, 0.4) is 0 Å². The van der Waals surface area contributed by atoms with E-state index < -0.39 is 5.60 Å². The first-order valence-corrected chi connectivity index (χ1v) is 9.24. The minimum Gasteiger partial charge on any atom is -0.383 e. The normalized spacial score (nSPS) is 23.4. The molecule has 1 saturated carbocycles. The molecule has 6 nitrogen and oxygen atoms in total. The molecule has 3 unspecified atom stereocenters. The van der Waals surface area contributed by atoms with Crippen molar-refractivity contribution < 1.29 is 9.90 Å². The maximum atomic E-state index is 12.3. The van der Waals surface area contributed by atoms with E-state index in [4.69, 9.17) is 0 Å². The number of carbonyl (C=O) groups excluding carboxylic acids is 1. The summed E-state index contributed by atoms with van der Waals surface area (Å²) in [7, 11) is 0. The number of carbonyl (C=O) groups is 1. The molecular formula is C17H24N4O2S. The van der Waals surface area contributed by atoms with Crippen LogP contribution in [0.2, 0.25) is 0 Å². The van der Waals surface area contributed by atoms with E-state index in [0.717, 1.165) is 30.6 Å². The lowest BCUT2D eigenvalue weighted by Crippen LogP contribution is -2.50. The largest absolute Gasteiger partial charge is 0.383 e. The Balaban J connectivity index is 1.55. The van der Waals surface area contributed by atoms with Crippen LogP contribution in [0, 0.1) is 0 Å². The first kappa shape index (κ1) is 17.0. The van der Waals surface area contributed by atoms with Gasteiger partial charge in [-0.3, -0.25) is 4.68 Å². The Bertz CT molecular complexity index is 640. The van der Waals surface area contributed by atoms with Gasteiger partial charge in [0.15, 0.2) is 0 Å². The molecule has 130 valence electrons. The molecule has 3 atom stereocenters. The number of hydrogen-bond acceptors (Lipinski definition) is 4. The van der Waals surface area contributed by atoms with E-state index in [1.54, 1.807) is 13.1 Å². The second kappa shape index (κ2) is 7.36. The minimum absolute atomic E-state index is 0.0605. The molecule has 3 rings (SSSR count). The number of rotatable bonds is 5. The molecule has 0 radical (unpaired) electrons. The average molecular weight is 348 g/mol. The highest BCUT2D eigenvalue weighted by molar-refractivity contribution is 7.10. The average Bonchev–Trinajstić information content (AvgIpc) is 3.27. The van der Waals surface area contributed by atoms with Crippen molar-refractivity contribution in [1.82, 2.24) is 20.4 Å². The second-order valence-electron chi connectivity index (χ2n) is 6.52. The van der Waals surface area contributed by atoms with E-state index in [2.05, 4.69) is 15.7 Å². The highest BCUT2D eigenvalue weighted by atomic mass is 32.1. The molecule has 1 aliphatic carbocycles. The van der Waals surface area contributed by atoms with Crippen molar-refractivity contribution >= 4 is 17.4 Å². The Morgan fingerprint density at radius 1 is 1.46 bits per heavy atom. The number of amides is 2. The quantitative estimate of drug-likeness (QED) is 0.777. The molecule has 2 heterocycles. The van der Waals surface area contributed by atoms with Gasteiger partial charge in [0, 0.05) is 17.3 Å². The van der Waals surface area contributed by atoms with Crippen molar-refractivity contribution in [2.45, 2.75) is 50.3 Å². The summed E-state index contributed by atoms with van der Waals surface area (Å²) in [6.07, 6.45) is 7.93. The summed E-state index contributed by atoms with van der Waals surface area (Å²) in [5, 5.41) is 22.6. The molecule has 0 aromatic carbocycles. The molecule has 1 aliphatic rings. The number of hydrogen-bond donors (Lipinski definition) is 3. The third-order valence-corrected chi connectivity index (χ3v) is 5.68. The molecular weight excluding hydrogens is 324 g/mol. The fourth-order valence-electron chi connectivity index (χ4n) is 3.22.